The zero-order valence-corrected chi connectivity index (χ0v) is 14.9. The van der Waals surface area contributed by atoms with Crippen LogP contribution in [0.15, 0.2) is 29.3 Å². The minimum Gasteiger partial charge on any atom is -0.489 e. The van der Waals surface area contributed by atoms with Crippen LogP contribution in [-0.4, -0.2) is 56.7 Å². The average Bonchev–Trinajstić information content (AvgIpc) is 2.95. The normalized spacial score (nSPS) is 20.0. The minimum atomic E-state index is -0.292. The van der Waals surface area contributed by atoms with Gasteiger partial charge in [0.25, 0.3) is 0 Å². The van der Waals surface area contributed by atoms with Crippen molar-refractivity contribution in [2.45, 2.75) is 26.4 Å². The molecular weight excluding hydrogens is 307 g/mol. The molecule has 0 aliphatic carbocycles. The summed E-state index contributed by atoms with van der Waals surface area (Å²) in [5.74, 6) is 1.71. The zero-order chi connectivity index (χ0) is 17.4. The molecule has 2 unspecified atom stereocenters. The van der Waals surface area contributed by atoms with Crippen LogP contribution in [0.5, 0.6) is 5.75 Å². The molecule has 2 atom stereocenters. The van der Waals surface area contributed by atoms with E-state index in [0.717, 1.165) is 25.6 Å². The van der Waals surface area contributed by atoms with Gasteiger partial charge in [0.1, 0.15) is 17.7 Å². The summed E-state index contributed by atoms with van der Waals surface area (Å²) in [6, 6.07) is 6.19. The smallest absolute Gasteiger partial charge is 0.191 e. The first-order valence-electron chi connectivity index (χ1n) is 8.69. The maximum Gasteiger partial charge on any atom is 0.191 e. The van der Waals surface area contributed by atoms with E-state index in [1.165, 1.54) is 25.1 Å². The lowest BCUT2D eigenvalue weighted by molar-refractivity contribution is 0.229. The maximum atomic E-state index is 13.2. The number of hydrogen-bond acceptors (Lipinski definition) is 3. The zero-order valence-electron chi connectivity index (χ0n) is 14.9. The van der Waals surface area contributed by atoms with Gasteiger partial charge in [-0.15, -0.1) is 0 Å². The van der Waals surface area contributed by atoms with Gasteiger partial charge in [-0.25, -0.2) is 9.38 Å². The van der Waals surface area contributed by atoms with E-state index in [-0.39, 0.29) is 11.9 Å². The molecule has 0 radical (unpaired) electrons. The Morgan fingerprint density at radius 2 is 2.29 bits per heavy atom. The van der Waals surface area contributed by atoms with Crippen molar-refractivity contribution in [3.63, 3.8) is 0 Å². The quantitative estimate of drug-likeness (QED) is 0.591. The van der Waals surface area contributed by atoms with E-state index in [9.17, 15) is 4.39 Å². The van der Waals surface area contributed by atoms with Crippen molar-refractivity contribution < 1.29 is 9.13 Å². The van der Waals surface area contributed by atoms with E-state index >= 15 is 0 Å². The van der Waals surface area contributed by atoms with Gasteiger partial charge in [-0.1, -0.05) is 6.07 Å². The van der Waals surface area contributed by atoms with Crippen LogP contribution < -0.4 is 15.4 Å². The van der Waals surface area contributed by atoms with E-state index < -0.39 is 0 Å². The van der Waals surface area contributed by atoms with Gasteiger partial charge in [0.05, 0.1) is 6.54 Å². The summed E-state index contributed by atoms with van der Waals surface area (Å²) < 4.78 is 18.9. The monoisotopic (exact) mass is 336 g/mol. The Balaban J connectivity index is 1.80. The standard InChI is InChI=1S/C18H29FN4O/c1-4-20-18(22-12-15-8-9-23(3)13-15)21-11-14(2)24-17-7-5-6-16(19)10-17/h5-7,10,14-15H,4,8-9,11-13H2,1-3H3,(H2,20,21,22). The average molecular weight is 336 g/mol. The molecule has 0 aromatic heterocycles. The number of benzene rings is 1. The van der Waals surface area contributed by atoms with Gasteiger partial charge in [-0.05, 0) is 51.9 Å². The Kier molecular flexibility index (Phi) is 7.31. The van der Waals surface area contributed by atoms with E-state index in [1.807, 2.05) is 13.8 Å². The summed E-state index contributed by atoms with van der Waals surface area (Å²) in [4.78, 5) is 6.93. The van der Waals surface area contributed by atoms with Crippen LogP contribution >= 0.6 is 0 Å². The lowest BCUT2D eigenvalue weighted by Crippen LogP contribution is -2.40. The molecular formula is C18H29FN4O. The molecule has 1 saturated heterocycles. The van der Waals surface area contributed by atoms with Crippen LogP contribution in [0, 0.1) is 11.7 Å². The highest BCUT2D eigenvalue weighted by Crippen LogP contribution is 2.14. The Bertz CT molecular complexity index is 538. The fourth-order valence-electron chi connectivity index (χ4n) is 2.81. The molecule has 0 saturated carbocycles. The van der Waals surface area contributed by atoms with Gasteiger partial charge >= 0.3 is 0 Å². The third-order valence-corrected chi connectivity index (χ3v) is 4.03. The van der Waals surface area contributed by atoms with Crippen LogP contribution in [0.1, 0.15) is 20.3 Å². The molecule has 1 aliphatic heterocycles. The molecule has 1 aliphatic rings. The van der Waals surface area contributed by atoms with Crippen molar-refractivity contribution in [2.75, 3.05) is 39.8 Å². The second-order valence-electron chi connectivity index (χ2n) is 6.40. The fourth-order valence-corrected chi connectivity index (χ4v) is 2.81. The number of aliphatic imine (C=N–C) groups is 1. The molecule has 0 spiro atoms. The number of ether oxygens (including phenoxy) is 1. The van der Waals surface area contributed by atoms with Crippen molar-refractivity contribution in [1.82, 2.24) is 15.5 Å². The summed E-state index contributed by atoms with van der Waals surface area (Å²) in [5, 5.41) is 6.66. The largest absolute Gasteiger partial charge is 0.489 e. The van der Waals surface area contributed by atoms with Gasteiger partial charge in [-0.3, -0.25) is 0 Å². The van der Waals surface area contributed by atoms with Crippen LogP contribution in [0.2, 0.25) is 0 Å². The van der Waals surface area contributed by atoms with Crippen molar-refractivity contribution in [1.29, 1.82) is 0 Å². The Morgan fingerprint density at radius 3 is 2.96 bits per heavy atom. The van der Waals surface area contributed by atoms with Crippen molar-refractivity contribution in [3.8, 4) is 5.75 Å². The van der Waals surface area contributed by atoms with Crippen molar-refractivity contribution >= 4 is 5.96 Å². The molecule has 6 heteroatoms. The molecule has 0 bridgehead atoms. The minimum absolute atomic E-state index is 0.125. The fraction of sp³-hybridized carbons (Fsp3) is 0.611. The van der Waals surface area contributed by atoms with Crippen LogP contribution in [0.25, 0.3) is 0 Å². The number of halogens is 1. The first-order valence-corrected chi connectivity index (χ1v) is 8.69. The number of guanidine groups is 1. The molecule has 1 fully saturated rings. The van der Waals surface area contributed by atoms with Gasteiger partial charge in [0, 0.05) is 25.7 Å². The summed E-state index contributed by atoms with van der Waals surface area (Å²) in [7, 11) is 2.16. The lowest BCUT2D eigenvalue weighted by Gasteiger charge is -2.17. The Morgan fingerprint density at radius 1 is 1.46 bits per heavy atom. The van der Waals surface area contributed by atoms with E-state index in [1.54, 1.807) is 12.1 Å². The number of nitrogens with one attached hydrogen (secondary N) is 2. The molecule has 0 amide bonds. The maximum absolute atomic E-state index is 13.2. The van der Waals surface area contributed by atoms with Gasteiger partial charge in [0.2, 0.25) is 0 Å². The van der Waals surface area contributed by atoms with Gasteiger partial charge in [-0.2, -0.15) is 0 Å². The van der Waals surface area contributed by atoms with Gasteiger partial charge in [0.15, 0.2) is 5.96 Å². The van der Waals surface area contributed by atoms with Gasteiger partial charge < -0.3 is 20.3 Å². The van der Waals surface area contributed by atoms with Crippen LogP contribution in [-0.2, 0) is 0 Å². The summed E-state index contributed by atoms with van der Waals surface area (Å²) in [6.07, 6.45) is 1.10. The molecule has 134 valence electrons. The van der Waals surface area contributed by atoms with Crippen molar-refractivity contribution in [2.24, 2.45) is 10.9 Å². The summed E-state index contributed by atoms with van der Waals surface area (Å²) >= 11 is 0. The number of hydrogen-bond donors (Lipinski definition) is 2. The predicted molar refractivity (Wildman–Crippen MR) is 96.1 cm³/mol. The lowest BCUT2D eigenvalue weighted by atomic mass is 10.1. The first-order chi connectivity index (χ1) is 11.6. The molecule has 2 rings (SSSR count). The molecule has 2 N–H and O–H groups in total. The highest BCUT2D eigenvalue weighted by atomic mass is 19.1. The van der Waals surface area contributed by atoms with Crippen LogP contribution in [0.4, 0.5) is 4.39 Å². The SMILES string of the molecule is CCNC(=NCC(C)Oc1cccc(F)c1)NCC1CCN(C)C1. The molecule has 24 heavy (non-hydrogen) atoms. The first kappa shape index (κ1) is 18.5. The number of likely N-dealkylation sites (tertiary alicyclic amines) is 1. The topological polar surface area (TPSA) is 48.9 Å². The number of nitrogens with zero attached hydrogens (tertiary/aromatic N) is 2. The highest BCUT2D eigenvalue weighted by molar-refractivity contribution is 5.79. The predicted octanol–water partition coefficient (Wildman–Crippen LogP) is 2.10. The third-order valence-electron chi connectivity index (χ3n) is 4.03. The number of rotatable bonds is 7. The summed E-state index contributed by atoms with van der Waals surface area (Å²) in [6.45, 7) is 8.53. The highest BCUT2D eigenvalue weighted by Gasteiger charge is 2.19. The van der Waals surface area contributed by atoms with Crippen LogP contribution in [0.3, 0.4) is 0 Å². The van der Waals surface area contributed by atoms with E-state index in [2.05, 4.69) is 27.6 Å². The second-order valence-corrected chi connectivity index (χ2v) is 6.40. The van der Waals surface area contributed by atoms with Crippen molar-refractivity contribution in [3.05, 3.63) is 30.1 Å². The van der Waals surface area contributed by atoms with E-state index in [0.29, 0.717) is 18.2 Å². The Hall–Kier alpha value is -1.82. The molecule has 5 nitrogen and oxygen atoms in total. The molecule has 1 aromatic rings. The molecule has 1 aromatic carbocycles. The molecule has 1 heterocycles. The Labute approximate surface area is 144 Å². The summed E-state index contributed by atoms with van der Waals surface area (Å²) in [5.41, 5.74) is 0. The second kappa shape index (κ2) is 9.47. The van der Waals surface area contributed by atoms with E-state index in [4.69, 9.17) is 4.74 Å². The third kappa shape index (κ3) is 6.35.